The molecule has 106 valence electrons. The average molecular weight is 283 g/mol. The molecule has 19 heavy (non-hydrogen) atoms. The minimum Gasteiger partial charge on any atom is -0.354 e. The van der Waals surface area contributed by atoms with E-state index in [1.807, 2.05) is 30.3 Å². The SMILES string of the molecule is Cl.NC(CNC(=O)C1CCCCC1)c1ccccc1. The zero-order chi connectivity index (χ0) is 12.8. The summed E-state index contributed by atoms with van der Waals surface area (Å²) in [5.74, 6) is 0.391. The van der Waals surface area contributed by atoms with Gasteiger partial charge >= 0.3 is 0 Å². The van der Waals surface area contributed by atoms with E-state index in [2.05, 4.69) is 5.32 Å². The first-order chi connectivity index (χ1) is 8.77. The number of carbonyl (C=O) groups excluding carboxylic acids is 1. The number of nitrogens with one attached hydrogen (secondary N) is 1. The molecule has 1 aromatic rings. The summed E-state index contributed by atoms with van der Waals surface area (Å²) in [4.78, 5) is 12.0. The smallest absolute Gasteiger partial charge is 0.223 e. The van der Waals surface area contributed by atoms with Crippen molar-refractivity contribution in [3.63, 3.8) is 0 Å². The maximum absolute atomic E-state index is 12.0. The van der Waals surface area contributed by atoms with Crippen molar-refractivity contribution in [3.8, 4) is 0 Å². The summed E-state index contributed by atoms with van der Waals surface area (Å²) < 4.78 is 0. The Hall–Kier alpha value is -1.06. The van der Waals surface area contributed by atoms with Crippen LogP contribution in [-0.4, -0.2) is 12.5 Å². The van der Waals surface area contributed by atoms with Gasteiger partial charge in [-0.05, 0) is 18.4 Å². The van der Waals surface area contributed by atoms with E-state index in [1.165, 1.54) is 19.3 Å². The van der Waals surface area contributed by atoms with Crippen molar-refractivity contribution in [1.29, 1.82) is 0 Å². The van der Waals surface area contributed by atoms with Gasteiger partial charge in [-0.25, -0.2) is 0 Å². The lowest BCUT2D eigenvalue weighted by atomic mass is 9.88. The Morgan fingerprint density at radius 1 is 1.21 bits per heavy atom. The van der Waals surface area contributed by atoms with Crippen molar-refractivity contribution in [1.82, 2.24) is 5.32 Å². The summed E-state index contributed by atoms with van der Waals surface area (Å²) in [6, 6.07) is 9.79. The Labute approximate surface area is 121 Å². The van der Waals surface area contributed by atoms with Crippen molar-refractivity contribution in [2.45, 2.75) is 38.1 Å². The van der Waals surface area contributed by atoms with Gasteiger partial charge in [0, 0.05) is 18.5 Å². The molecular weight excluding hydrogens is 260 g/mol. The van der Waals surface area contributed by atoms with Gasteiger partial charge in [-0.15, -0.1) is 12.4 Å². The second-order valence-corrected chi connectivity index (χ2v) is 5.10. The molecule has 3 nitrogen and oxygen atoms in total. The lowest BCUT2D eigenvalue weighted by Gasteiger charge is -2.22. The van der Waals surface area contributed by atoms with Gasteiger partial charge in [0.05, 0.1) is 0 Å². The molecule has 1 amide bonds. The third-order valence-electron chi connectivity index (χ3n) is 3.70. The van der Waals surface area contributed by atoms with Crippen LogP contribution in [0.15, 0.2) is 30.3 Å². The second kappa shape index (κ2) is 8.18. The summed E-state index contributed by atoms with van der Waals surface area (Å²) in [6.45, 7) is 0.527. The second-order valence-electron chi connectivity index (χ2n) is 5.10. The molecule has 0 saturated heterocycles. The number of carbonyl (C=O) groups is 1. The van der Waals surface area contributed by atoms with Gasteiger partial charge in [0.25, 0.3) is 0 Å². The Bertz CT molecular complexity index is 377. The molecule has 1 fully saturated rings. The zero-order valence-corrected chi connectivity index (χ0v) is 12.0. The van der Waals surface area contributed by atoms with Gasteiger partial charge in [0.2, 0.25) is 5.91 Å². The molecule has 0 spiro atoms. The third-order valence-corrected chi connectivity index (χ3v) is 3.70. The van der Waals surface area contributed by atoms with E-state index >= 15 is 0 Å². The highest BCUT2D eigenvalue weighted by atomic mass is 35.5. The summed E-state index contributed by atoms with van der Waals surface area (Å²) in [5.41, 5.74) is 7.13. The van der Waals surface area contributed by atoms with Crippen LogP contribution in [0.2, 0.25) is 0 Å². The lowest BCUT2D eigenvalue weighted by molar-refractivity contribution is -0.125. The molecule has 1 atom stereocenters. The molecule has 0 radical (unpaired) electrons. The van der Waals surface area contributed by atoms with Crippen molar-refractivity contribution < 1.29 is 4.79 Å². The molecule has 1 aromatic carbocycles. The molecule has 0 aliphatic heterocycles. The molecule has 2 rings (SSSR count). The largest absolute Gasteiger partial charge is 0.354 e. The number of amides is 1. The first kappa shape index (κ1) is 16.0. The van der Waals surface area contributed by atoms with E-state index in [1.54, 1.807) is 0 Å². The van der Waals surface area contributed by atoms with Crippen LogP contribution in [0, 0.1) is 5.92 Å². The van der Waals surface area contributed by atoms with Crippen molar-refractivity contribution in [2.75, 3.05) is 6.54 Å². The molecule has 4 heteroatoms. The number of nitrogens with two attached hydrogens (primary N) is 1. The Morgan fingerprint density at radius 3 is 2.47 bits per heavy atom. The fourth-order valence-electron chi connectivity index (χ4n) is 2.54. The van der Waals surface area contributed by atoms with Gasteiger partial charge in [-0.2, -0.15) is 0 Å². The standard InChI is InChI=1S/C15H22N2O.ClH/c16-14(12-7-3-1-4-8-12)11-17-15(18)13-9-5-2-6-10-13;/h1,3-4,7-8,13-14H,2,5-6,9-11,16H2,(H,17,18);1H. The fraction of sp³-hybridized carbons (Fsp3) is 0.533. The Morgan fingerprint density at radius 2 is 1.84 bits per heavy atom. The molecule has 0 aromatic heterocycles. The van der Waals surface area contributed by atoms with Gasteiger partial charge in [-0.3, -0.25) is 4.79 Å². The van der Waals surface area contributed by atoms with Gasteiger partial charge < -0.3 is 11.1 Å². The van der Waals surface area contributed by atoms with Crippen LogP contribution in [0.4, 0.5) is 0 Å². The quantitative estimate of drug-likeness (QED) is 0.892. The normalized spacial score (nSPS) is 17.3. The Balaban J connectivity index is 0.00000180. The average Bonchev–Trinajstić information content (AvgIpc) is 2.46. The van der Waals surface area contributed by atoms with Gasteiger partial charge in [0.1, 0.15) is 0 Å². The molecule has 0 bridgehead atoms. The van der Waals surface area contributed by atoms with Crippen LogP contribution in [0.1, 0.15) is 43.7 Å². The Kier molecular flexibility index (Phi) is 6.89. The van der Waals surface area contributed by atoms with Crippen LogP contribution in [0.25, 0.3) is 0 Å². The van der Waals surface area contributed by atoms with Crippen LogP contribution < -0.4 is 11.1 Å². The van der Waals surface area contributed by atoms with Crippen LogP contribution in [-0.2, 0) is 4.79 Å². The number of hydrogen-bond donors (Lipinski definition) is 2. The monoisotopic (exact) mass is 282 g/mol. The minimum absolute atomic E-state index is 0. The summed E-state index contributed by atoms with van der Waals surface area (Å²) in [5, 5.41) is 2.99. The summed E-state index contributed by atoms with van der Waals surface area (Å²) in [7, 11) is 0. The van der Waals surface area contributed by atoms with E-state index in [-0.39, 0.29) is 30.3 Å². The molecule has 1 unspecified atom stereocenters. The maximum Gasteiger partial charge on any atom is 0.223 e. The highest BCUT2D eigenvalue weighted by Gasteiger charge is 2.21. The molecular formula is C15H23ClN2O. The molecule has 0 heterocycles. The maximum atomic E-state index is 12.0. The molecule has 3 N–H and O–H groups in total. The highest BCUT2D eigenvalue weighted by molar-refractivity contribution is 5.85. The predicted octanol–water partition coefficient (Wildman–Crippen LogP) is 2.80. The van der Waals surface area contributed by atoms with E-state index in [4.69, 9.17) is 5.73 Å². The van der Waals surface area contributed by atoms with Gasteiger partial charge in [0.15, 0.2) is 0 Å². The molecule has 1 saturated carbocycles. The van der Waals surface area contributed by atoms with Crippen LogP contribution in [0.3, 0.4) is 0 Å². The fourth-order valence-corrected chi connectivity index (χ4v) is 2.54. The first-order valence-electron chi connectivity index (χ1n) is 6.85. The van der Waals surface area contributed by atoms with E-state index < -0.39 is 0 Å². The van der Waals surface area contributed by atoms with Crippen LogP contribution in [0.5, 0.6) is 0 Å². The molecule has 1 aliphatic carbocycles. The topological polar surface area (TPSA) is 55.1 Å². The lowest BCUT2D eigenvalue weighted by Crippen LogP contribution is -2.36. The number of hydrogen-bond acceptors (Lipinski definition) is 2. The summed E-state index contributed by atoms with van der Waals surface area (Å²) >= 11 is 0. The number of benzene rings is 1. The number of rotatable bonds is 4. The zero-order valence-electron chi connectivity index (χ0n) is 11.2. The van der Waals surface area contributed by atoms with Crippen molar-refractivity contribution >= 4 is 18.3 Å². The highest BCUT2D eigenvalue weighted by Crippen LogP contribution is 2.23. The van der Waals surface area contributed by atoms with Crippen LogP contribution >= 0.6 is 12.4 Å². The number of halogens is 1. The van der Waals surface area contributed by atoms with Crippen molar-refractivity contribution in [3.05, 3.63) is 35.9 Å². The molecule has 1 aliphatic rings. The summed E-state index contributed by atoms with van der Waals surface area (Å²) in [6.07, 6.45) is 5.71. The van der Waals surface area contributed by atoms with E-state index in [0.29, 0.717) is 6.54 Å². The first-order valence-corrected chi connectivity index (χ1v) is 6.85. The predicted molar refractivity (Wildman–Crippen MR) is 80.2 cm³/mol. The third kappa shape index (κ3) is 4.84. The van der Waals surface area contributed by atoms with E-state index in [9.17, 15) is 4.79 Å². The van der Waals surface area contributed by atoms with E-state index in [0.717, 1.165) is 18.4 Å². The minimum atomic E-state index is -0.112. The van der Waals surface area contributed by atoms with Gasteiger partial charge in [-0.1, -0.05) is 49.6 Å². The van der Waals surface area contributed by atoms with Crippen molar-refractivity contribution in [2.24, 2.45) is 11.7 Å².